The number of hydrogen-bond donors (Lipinski definition) is 1. The van der Waals surface area contributed by atoms with E-state index >= 15 is 0 Å². The third kappa shape index (κ3) is 6.41. The molecule has 0 bridgehead atoms. The number of sulfonamides is 1. The molecule has 0 saturated heterocycles. The number of ether oxygens (including phenoxy) is 2. The van der Waals surface area contributed by atoms with Crippen LogP contribution < -0.4 is 19.2 Å². The summed E-state index contributed by atoms with van der Waals surface area (Å²) in [5.41, 5.74) is 7.36. The zero-order chi connectivity index (χ0) is 29.7. The van der Waals surface area contributed by atoms with E-state index in [9.17, 15) is 17.6 Å². The van der Waals surface area contributed by atoms with Gasteiger partial charge in [0.2, 0.25) is 0 Å². The van der Waals surface area contributed by atoms with Gasteiger partial charge in [-0.15, -0.1) is 0 Å². The molecule has 9 nitrogen and oxygen atoms in total. The van der Waals surface area contributed by atoms with Gasteiger partial charge in [0.1, 0.15) is 12.4 Å². The Balaban J connectivity index is 1.58. The van der Waals surface area contributed by atoms with Gasteiger partial charge in [0.25, 0.3) is 15.9 Å². The zero-order valence-electron chi connectivity index (χ0n) is 23.4. The number of aryl methyl sites for hydroxylation is 2. The number of rotatable bonds is 10. The quantitative estimate of drug-likeness (QED) is 0.213. The number of hydrogen-bond acceptors (Lipinski definition) is 6. The molecule has 1 aromatic heterocycles. The van der Waals surface area contributed by atoms with Crippen LogP contribution >= 0.6 is 0 Å². The minimum Gasteiger partial charge on any atom is -0.493 e. The first kappa shape index (κ1) is 29.3. The Morgan fingerprint density at radius 1 is 0.976 bits per heavy atom. The highest BCUT2D eigenvalue weighted by molar-refractivity contribution is 7.92. The zero-order valence-corrected chi connectivity index (χ0v) is 24.2. The normalized spacial score (nSPS) is 11.5. The van der Waals surface area contributed by atoms with Crippen LogP contribution in [-0.2, 0) is 14.8 Å². The van der Waals surface area contributed by atoms with Crippen molar-refractivity contribution in [1.29, 1.82) is 0 Å². The number of benzene rings is 3. The maximum Gasteiger partial charge on any atom is 0.264 e. The van der Waals surface area contributed by atoms with Gasteiger partial charge in [-0.1, -0.05) is 12.1 Å². The molecule has 0 atom stereocenters. The average Bonchev–Trinajstić information content (AvgIpc) is 3.24. The Morgan fingerprint density at radius 2 is 1.68 bits per heavy atom. The van der Waals surface area contributed by atoms with Crippen molar-refractivity contribution in [2.75, 3.05) is 25.1 Å². The lowest BCUT2D eigenvalue weighted by Crippen LogP contribution is -2.39. The smallest absolute Gasteiger partial charge is 0.264 e. The summed E-state index contributed by atoms with van der Waals surface area (Å²) in [6.07, 6.45) is 1.51. The summed E-state index contributed by atoms with van der Waals surface area (Å²) in [5, 5.41) is 4.08. The van der Waals surface area contributed by atoms with Crippen molar-refractivity contribution >= 4 is 27.8 Å². The Labute approximate surface area is 238 Å². The van der Waals surface area contributed by atoms with Crippen molar-refractivity contribution in [2.24, 2.45) is 5.10 Å². The van der Waals surface area contributed by atoms with Crippen LogP contribution in [0.15, 0.2) is 82.8 Å². The molecule has 41 heavy (non-hydrogen) atoms. The molecule has 0 spiro atoms. The Morgan fingerprint density at radius 3 is 2.34 bits per heavy atom. The second-order valence-electron chi connectivity index (χ2n) is 9.30. The molecule has 3 aromatic carbocycles. The SMILES string of the molecule is COc1ccc(S(=O)(=O)N(CC(=O)N/N=C\c2cc(C)n(-c3cccc(C)c3)c2C)c2ccc(F)cc2)cc1OC. The van der Waals surface area contributed by atoms with Crippen LogP contribution in [0.25, 0.3) is 5.69 Å². The minimum absolute atomic E-state index is 0.0991. The number of methoxy groups -OCH3 is 2. The van der Waals surface area contributed by atoms with E-state index in [2.05, 4.69) is 21.2 Å². The summed E-state index contributed by atoms with van der Waals surface area (Å²) >= 11 is 0. The van der Waals surface area contributed by atoms with Gasteiger partial charge in [0, 0.05) is 28.7 Å². The van der Waals surface area contributed by atoms with Crippen LogP contribution in [-0.4, -0.2) is 45.9 Å². The van der Waals surface area contributed by atoms with Gasteiger partial charge in [0.15, 0.2) is 11.5 Å². The second kappa shape index (κ2) is 12.3. The van der Waals surface area contributed by atoms with Gasteiger partial charge in [-0.25, -0.2) is 18.2 Å². The fourth-order valence-corrected chi connectivity index (χ4v) is 5.89. The van der Waals surface area contributed by atoms with Crippen molar-refractivity contribution in [2.45, 2.75) is 25.7 Å². The van der Waals surface area contributed by atoms with Crippen LogP contribution in [0.1, 0.15) is 22.5 Å². The van der Waals surface area contributed by atoms with Crippen molar-refractivity contribution < 1.29 is 27.1 Å². The lowest BCUT2D eigenvalue weighted by atomic mass is 10.2. The predicted octanol–water partition coefficient (Wildman–Crippen LogP) is 4.90. The van der Waals surface area contributed by atoms with E-state index in [0.29, 0.717) is 5.75 Å². The van der Waals surface area contributed by atoms with Gasteiger partial charge in [-0.05, 0) is 80.9 Å². The largest absolute Gasteiger partial charge is 0.493 e. The summed E-state index contributed by atoms with van der Waals surface area (Å²) in [5.74, 6) is -0.699. The van der Waals surface area contributed by atoms with Crippen LogP contribution in [0.3, 0.4) is 0 Å². The maximum absolute atomic E-state index is 13.7. The number of aromatic nitrogens is 1. The summed E-state index contributed by atoms with van der Waals surface area (Å²) in [4.78, 5) is 12.8. The van der Waals surface area contributed by atoms with Gasteiger partial charge < -0.3 is 14.0 Å². The third-order valence-electron chi connectivity index (χ3n) is 6.47. The number of carbonyl (C=O) groups excluding carboxylic acids is 1. The fraction of sp³-hybridized carbons (Fsp3) is 0.200. The molecule has 0 aliphatic carbocycles. The number of nitrogens with zero attached hydrogens (tertiary/aromatic N) is 3. The molecule has 4 aromatic rings. The van der Waals surface area contributed by atoms with Crippen molar-refractivity contribution in [3.05, 3.63) is 101 Å². The topological polar surface area (TPSA) is 102 Å². The highest BCUT2D eigenvalue weighted by Crippen LogP contribution is 2.32. The minimum atomic E-state index is -4.28. The first-order chi connectivity index (χ1) is 19.5. The standard InChI is InChI=1S/C30H31FN4O5S/c1-20-7-6-8-26(15-20)35-21(2)16-23(22(35)3)18-32-33-30(36)19-34(25-11-9-24(31)10-12-25)41(37,38)27-13-14-28(39-4)29(17-27)40-5/h6-18H,19H2,1-5H3,(H,33,36)/b32-18-. The van der Waals surface area contributed by atoms with E-state index in [1.54, 1.807) is 0 Å². The Kier molecular flexibility index (Phi) is 8.77. The van der Waals surface area contributed by atoms with Crippen molar-refractivity contribution in [3.63, 3.8) is 0 Å². The molecule has 1 N–H and O–H groups in total. The van der Waals surface area contributed by atoms with E-state index < -0.39 is 28.3 Å². The summed E-state index contributed by atoms with van der Waals surface area (Å²) in [6, 6.07) is 18.9. The lowest BCUT2D eigenvalue weighted by molar-refractivity contribution is -0.119. The highest BCUT2D eigenvalue weighted by Gasteiger charge is 2.28. The molecule has 0 aliphatic heterocycles. The number of amides is 1. The molecule has 0 fully saturated rings. The molecular formula is C30H31FN4O5S. The third-order valence-corrected chi connectivity index (χ3v) is 8.24. The predicted molar refractivity (Wildman–Crippen MR) is 156 cm³/mol. The summed E-state index contributed by atoms with van der Waals surface area (Å²) in [6.45, 7) is 5.34. The number of nitrogens with one attached hydrogen (secondary N) is 1. The fourth-order valence-electron chi connectivity index (χ4n) is 4.45. The Hall–Kier alpha value is -4.64. The van der Waals surface area contributed by atoms with Gasteiger partial charge in [0.05, 0.1) is 31.0 Å². The molecule has 0 radical (unpaired) electrons. The molecular weight excluding hydrogens is 547 g/mol. The van der Waals surface area contributed by atoms with E-state index in [1.807, 2.05) is 45.0 Å². The first-order valence-electron chi connectivity index (χ1n) is 12.6. The van der Waals surface area contributed by atoms with Gasteiger partial charge in [-0.3, -0.25) is 9.10 Å². The summed E-state index contributed by atoms with van der Waals surface area (Å²) in [7, 11) is -1.46. The number of anilines is 1. The monoisotopic (exact) mass is 578 g/mol. The number of hydrazone groups is 1. The average molecular weight is 579 g/mol. The molecule has 0 aliphatic rings. The van der Waals surface area contributed by atoms with Crippen LogP contribution in [0.4, 0.5) is 10.1 Å². The molecule has 0 unspecified atom stereocenters. The van der Waals surface area contributed by atoms with E-state index in [-0.39, 0.29) is 16.3 Å². The maximum atomic E-state index is 13.7. The Bertz CT molecular complexity index is 1700. The van der Waals surface area contributed by atoms with Crippen LogP contribution in [0.5, 0.6) is 11.5 Å². The first-order valence-corrected chi connectivity index (χ1v) is 14.1. The second-order valence-corrected chi connectivity index (χ2v) is 11.2. The van der Waals surface area contributed by atoms with Gasteiger partial charge in [-0.2, -0.15) is 5.10 Å². The number of halogens is 1. The van der Waals surface area contributed by atoms with Crippen molar-refractivity contribution in [1.82, 2.24) is 9.99 Å². The highest BCUT2D eigenvalue weighted by atomic mass is 32.2. The lowest BCUT2D eigenvalue weighted by Gasteiger charge is -2.24. The van der Waals surface area contributed by atoms with E-state index in [4.69, 9.17) is 9.47 Å². The van der Waals surface area contributed by atoms with Gasteiger partial charge >= 0.3 is 0 Å². The molecule has 214 valence electrons. The molecule has 1 amide bonds. The van der Waals surface area contributed by atoms with Crippen molar-refractivity contribution in [3.8, 4) is 17.2 Å². The summed E-state index contributed by atoms with van der Waals surface area (Å²) < 4.78 is 54.4. The van der Waals surface area contributed by atoms with E-state index in [0.717, 1.165) is 44.6 Å². The molecule has 1 heterocycles. The van der Waals surface area contributed by atoms with Crippen LogP contribution in [0, 0.1) is 26.6 Å². The van der Waals surface area contributed by atoms with Crippen LogP contribution in [0.2, 0.25) is 0 Å². The molecule has 4 rings (SSSR count). The molecule has 0 saturated carbocycles. The number of carbonyl (C=O) groups is 1. The van der Waals surface area contributed by atoms with E-state index in [1.165, 1.54) is 50.8 Å². The molecule has 11 heteroatoms.